The SMILES string of the molecule is CCc1cccc(C(=O)N[C@@H](CCC(=O)OC)C(=O)OC)c1. The summed E-state index contributed by atoms with van der Waals surface area (Å²) < 4.78 is 9.18. The molecule has 1 aromatic carbocycles. The number of carbonyl (C=O) groups is 3. The Morgan fingerprint density at radius 2 is 1.91 bits per heavy atom. The number of rotatable bonds is 7. The van der Waals surface area contributed by atoms with Gasteiger partial charge < -0.3 is 14.8 Å². The minimum atomic E-state index is -0.887. The molecule has 1 N–H and O–H groups in total. The summed E-state index contributed by atoms with van der Waals surface area (Å²) in [5.74, 6) is -1.42. The van der Waals surface area contributed by atoms with Crippen LogP contribution in [0.25, 0.3) is 0 Å². The van der Waals surface area contributed by atoms with Gasteiger partial charge in [0.1, 0.15) is 6.04 Å². The number of hydrogen-bond donors (Lipinski definition) is 1. The van der Waals surface area contributed by atoms with Gasteiger partial charge in [0, 0.05) is 12.0 Å². The summed E-state index contributed by atoms with van der Waals surface area (Å²) >= 11 is 0. The van der Waals surface area contributed by atoms with Crippen molar-refractivity contribution in [1.82, 2.24) is 5.32 Å². The quantitative estimate of drug-likeness (QED) is 0.772. The van der Waals surface area contributed by atoms with Gasteiger partial charge >= 0.3 is 11.9 Å². The lowest BCUT2D eigenvalue weighted by Gasteiger charge is -2.16. The number of benzene rings is 1. The molecule has 22 heavy (non-hydrogen) atoms. The van der Waals surface area contributed by atoms with Gasteiger partial charge in [0.2, 0.25) is 0 Å². The van der Waals surface area contributed by atoms with Crippen LogP contribution in [0.3, 0.4) is 0 Å². The first-order chi connectivity index (χ1) is 10.5. The smallest absolute Gasteiger partial charge is 0.328 e. The number of aryl methyl sites for hydroxylation is 1. The first-order valence-corrected chi connectivity index (χ1v) is 7.06. The zero-order valence-electron chi connectivity index (χ0n) is 13.0. The molecule has 120 valence electrons. The average molecular weight is 307 g/mol. The van der Waals surface area contributed by atoms with Gasteiger partial charge in [-0.2, -0.15) is 0 Å². The Morgan fingerprint density at radius 1 is 1.18 bits per heavy atom. The molecule has 0 radical (unpaired) electrons. The van der Waals surface area contributed by atoms with Crippen LogP contribution in [0.2, 0.25) is 0 Å². The highest BCUT2D eigenvalue weighted by atomic mass is 16.5. The number of methoxy groups -OCH3 is 2. The molecule has 0 bridgehead atoms. The fourth-order valence-corrected chi connectivity index (χ4v) is 1.93. The van der Waals surface area contributed by atoms with Crippen molar-refractivity contribution < 1.29 is 23.9 Å². The van der Waals surface area contributed by atoms with Crippen molar-refractivity contribution in [2.24, 2.45) is 0 Å². The molecule has 0 aliphatic carbocycles. The Morgan fingerprint density at radius 3 is 2.50 bits per heavy atom. The number of carbonyl (C=O) groups excluding carboxylic acids is 3. The third-order valence-corrected chi connectivity index (χ3v) is 3.25. The van der Waals surface area contributed by atoms with E-state index in [0.717, 1.165) is 12.0 Å². The molecule has 1 rings (SSSR count). The Labute approximate surface area is 129 Å². The Kier molecular flexibility index (Phi) is 7.08. The highest BCUT2D eigenvalue weighted by Crippen LogP contribution is 2.08. The second-order valence-electron chi connectivity index (χ2n) is 4.72. The van der Waals surface area contributed by atoms with E-state index < -0.39 is 18.0 Å². The Bertz CT molecular complexity index is 541. The largest absolute Gasteiger partial charge is 0.469 e. The van der Waals surface area contributed by atoms with Gasteiger partial charge in [-0.25, -0.2) is 4.79 Å². The van der Waals surface area contributed by atoms with E-state index in [1.807, 2.05) is 13.0 Å². The highest BCUT2D eigenvalue weighted by Gasteiger charge is 2.23. The second kappa shape index (κ2) is 8.81. The molecule has 0 unspecified atom stereocenters. The van der Waals surface area contributed by atoms with E-state index in [4.69, 9.17) is 0 Å². The lowest BCUT2D eigenvalue weighted by atomic mass is 10.1. The van der Waals surface area contributed by atoms with Crippen molar-refractivity contribution in [3.8, 4) is 0 Å². The molecule has 0 saturated heterocycles. The van der Waals surface area contributed by atoms with Crippen molar-refractivity contribution in [2.75, 3.05) is 14.2 Å². The lowest BCUT2D eigenvalue weighted by Crippen LogP contribution is -2.41. The summed E-state index contributed by atoms with van der Waals surface area (Å²) in [5, 5.41) is 2.59. The maximum Gasteiger partial charge on any atom is 0.328 e. The molecule has 0 aromatic heterocycles. The van der Waals surface area contributed by atoms with E-state index in [2.05, 4.69) is 14.8 Å². The Balaban J connectivity index is 2.77. The van der Waals surface area contributed by atoms with Gasteiger partial charge in [0.15, 0.2) is 0 Å². The normalized spacial score (nSPS) is 11.4. The maximum absolute atomic E-state index is 12.2. The summed E-state index contributed by atoms with van der Waals surface area (Å²) in [4.78, 5) is 35.1. The van der Waals surface area contributed by atoms with Gasteiger partial charge in [-0.1, -0.05) is 19.1 Å². The summed E-state index contributed by atoms with van der Waals surface area (Å²) in [6.45, 7) is 1.99. The predicted molar refractivity (Wildman–Crippen MR) is 80.3 cm³/mol. The van der Waals surface area contributed by atoms with Gasteiger partial charge in [0.05, 0.1) is 14.2 Å². The standard InChI is InChI=1S/C16H21NO5/c1-4-11-6-5-7-12(10-11)15(19)17-13(16(20)22-3)8-9-14(18)21-2/h5-7,10,13H,4,8-9H2,1-3H3,(H,17,19)/t13-/m0/s1. The molecular formula is C16H21NO5. The van der Waals surface area contributed by atoms with Crippen LogP contribution in [0, 0.1) is 0 Å². The molecule has 0 spiro atoms. The number of nitrogens with one attached hydrogen (secondary N) is 1. The van der Waals surface area contributed by atoms with Crippen LogP contribution in [0.15, 0.2) is 24.3 Å². The van der Waals surface area contributed by atoms with Gasteiger partial charge in [-0.15, -0.1) is 0 Å². The van der Waals surface area contributed by atoms with Crippen LogP contribution >= 0.6 is 0 Å². The minimum Gasteiger partial charge on any atom is -0.469 e. The third kappa shape index (κ3) is 5.20. The lowest BCUT2D eigenvalue weighted by molar-refractivity contribution is -0.144. The summed E-state index contributed by atoms with van der Waals surface area (Å²) in [6.07, 6.45) is 0.952. The van der Waals surface area contributed by atoms with Gasteiger partial charge in [0.25, 0.3) is 5.91 Å². The van der Waals surface area contributed by atoms with Crippen molar-refractivity contribution >= 4 is 17.8 Å². The van der Waals surface area contributed by atoms with E-state index in [1.165, 1.54) is 14.2 Å². The van der Waals surface area contributed by atoms with Crippen LogP contribution in [0.1, 0.15) is 35.7 Å². The van der Waals surface area contributed by atoms with Gasteiger partial charge in [-0.05, 0) is 30.5 Å². The molecule has 1 amide bonds. The molecule has 6 nitrogen and oxygen atoms in total. The minimum absolute atomic E-state index is 0.0194. The fraction of sp³-hybridized carbons (Fsp3) is 0.438. The van der Waals surface area contributed by atoms with Gasteiger partial charge in [-0.3, -0.25) is 9.59 Å². The monoisotopic (exact) mass is 307 g/mol. The molecule has 6 heteroatoms. The number of amides is 1. The molecular weight excluding hydrogens is 286 g/mol. The molecule has 0 fully saturated rings. The van der Waals surface area contributed by atoms with Crippen LogP contribution in [-0.2, 0) is 25.5 Å². The van der Waals surface area contributed by atoms with Crippen molar-refractivity contribution in [1.29, 1.82) is 0 Å². The van der Waals surface area contributed by atoms with E-state index in [1.54, 1.807) is 18.2 Å². The Hall–Kier alpha value is -2.37. The fourth-order valence-electron chi connectivity index (χ4n) is 1.93. The topological polar surface area (TPSA) is 81.7 Å². The van der Waals surface area contributed by atoms with Crippen molar-refractivity contribution in [3.05, 3.63) is 35.4 Å². The average Bonchev–Trinajstić information content (AvgIpc) is 2.57. The van der Waals surface area contributed by atoms with E-state index in [9.17, 15) is 14.4 Å². The molecule has 1 atom stereocenters. The molecule has 0 aliphatic heterocycles. The predicted octanol–water partition coefficient (Wildman–Crippen LogP) is 1.47. The second-order valence-corrected chi connectivity index (χ2v) is 4.72. The zero-order chi connectivity index (χ0) is 16.5. The molecule has 0 heterocycles. The summed E-state index contributed by atoms with van der Waals surface area (Å²) in [7, 11) is 2.50. The highest BCUT2D eigenvalue weighted by molar-refractivity contribution is 5.97. The van der Waals surface area contributed by atoms with Crippen molar-refractivity contribution in [2.45, 2.75) is 32.2 Å². The van der Waals surface area contributed by atoms with Crippen LogP contribution in [-0.4, -0.2) is 38.1 Å². The zero-order valence-corrected chi connectivity index (χ0v) is 13.0. The van der Waals surface area contributed by atoms with Crippen LogP contribution in [0.4, 0.5) is 0 Å². The molecule has 0 aliphatic rings. The maximum atomic E-state index is 12.2. The first kappa shape index (κ1) is 17.7. The molecule has 1 aromatic rings. The van der Waals surface area contributed by atoms with E-state index >= 15 is 0 Å². The van der Waals surface area contributed by atoms with E-state index in [-0.39, 0.29) is 18.7 Å². The van der Waals surface area contributed by atoms with Crippen molar-refractivity contribution in [3.63, 3.8) is 0 Å². The van der Waals surface area contributed by atoms with E-state index in [0.29, 0.717) is 5.56 Å². The number of esters is 2. The number of hydrogen-bond acceptors (Lipinski definition) is 5. The first-order valence-electron chi connectivity index (χ1n) is 7.06. The van der Waals surface area contributed by atoms with Crippen LogP contribution < -0.4 is 5.32 Å². The molecule has 0 saturated carbocycles. The third-order valence-electron chi connectivity index (χ3n) is 3.25. The van der Waals surface area contributed by atoms with Crippen LogP contribution in [0.5, 0.6) is 0 Å². The number of ether oxygens (including phenoxy) is 2. The summed E-state index contributed by atoms with van der Waals surface area (Å²) in [6, 6.07) is 6.26. The summed E-state index contributed by atoms with van der Waals surface area (Å²) in [5.41, 5.74) is 1.49.